The summed E-state index contributed by atoms with van der Waals surface area (Å²) in [4.78, 5) is 4.23. The second kappa shape index (κ2) is 8.39. The first-order valence-corrected chi connectivity index (χ1v) is 10.1. The van der Waals surface area contributed by atoms with E-state index in [1.54, 1.807) is 0 Å². The van der Waals surface area contributed by atoms with Gasteiger partial charge in [0.1, 0.15) is 0 Å². The molecular formula is C23H34N2O. The van der Waals surface area contributed by atoms with Crippen molar-refractivity contribution in [2.75, 3.05) is 7.11 Å². The van der Waals surface area contributed by atoms with E-state index >= 15 is 0 Å². The minimum Gasteiger partial charge on any atom is -0.381 e. The van der Waals surface area contributed by atoms with Gasteiger partial charge in [-0.15, -0.1) is 0 Å². The van der Waals surface area contributed by atoms with Crippen LogP contribution in [0.15, 0.2) is 43.0 Å². The van der Waals surface area contributed by atoms with Crippen molar-refractivity contribution in [2.24, 2.45) is 17.3 Å². The molecule has 142 valence electrons. The smallest absolute Gasteiger partial charge is 0.0946 e. The quantitative estimate of drug-likeness (QED) is 0.688. The molecule has 0 radical (unpaired) electrons. The van der Waals surface area contributed by atoms with Crippen LogP contribution in [-0.2, 0) is 24.1 Å². The number of benzene rings is 1. The van der Waals surface area contributed by atoms with Crippen molar-refractivity contribution in [3.05, 3.63) is 54.1 Å². The van der Waals surface area contributed by atoms with Crippen molar-refractivity contribution in [1.82, 2.24) is 9.55 Å². The molecule has 0 amide bonds. The predicted molar refractivity (Wildman–Crippen MR) is 107 cm³/mol. The third kappa shape index (κ3) is 4.37. The molecule has 1 aliphatic carbocycles. The van der Waals surface area contributed by atoms with Crippen molar-refractivity contribution in [2.45, 2.75) is 65.5 Å². The molecule has 0 bridgehead atoms. The van der Waals surface area contributed by atoms with Crippen LogP contribution >= 0.6 is 0 Å². The molecule has 0 unspecified atom stereocenters. The Kier molecular flexibility index (Phi) is 6.18. The minimum absolute atomic E-state index is 0.235. The zero-order valence-electron chi connectivity index (χ0n) is 16.8. The molecule has 1 aliphatic rings. The first-order chi connectivity index (χ1) is 12.5. The van der Waals surface area contributed by atoms with Crippen molar-refractivity contribution in [3.63, 3.8) is 0 Å². The maximum atomic E-state index is 6.05. The maximum Gasteiger partial charge on any atom is 0.0946 e. The molecule has 1 aromatic carbocycles. The van der Waals surface area contributed by atoms with Gasteiger partial charge >= 0.3 is 0 Å². The van der Waals surface area contributed by atoms with Crippen LogP contribution in [0.25, 0.3) is 0 Å². The zero-order chi connectivity index (χ0) is 18.6. The fourth-order valence-corrected chi connectivity index (χ4v) is 4.77. The Balaban J connectivity index is 1.71. The predicted octanol–water partition coefficient (Wildman–Crippen LogP) is 5.15. The normalized spacial score (nSPS) is 25.3. The Bertz CT molecular complexity index is 660. The summed E-state index contributed by atoms with van der Waals surface area (Å²) in [6.07, 6.45) is 12.2. The lowest BCUT2D eigenvalue weighted by Crippen LogP contribution is -2.47. The molecule has 0 N–H and O–H groups in total. The Labute approximate surface area is 158 Å². The SMILES string of the molecule is CCc1ccc(CC[C@@H]2CCC(C)(C)[C@H](OC)[C@H]2Cn2ccnc2)cc1. The van der Waals surface area contributed by atoms with Crippen molar-refractivity contribution >= 4 is 0 Å². The van der Waals surface area contributed by atoms with Crippen LogP contribution in [0, 0.1) is 17.3 Å². The molecule has 26 heavy (non-hydrogen) atoms. The maximum absolute atomic E-state index is 6.05. The van der Waals surface area contributed by atoms with E-state index < -0.39 is 0 Å². The summed E-state index contributed by atoms with van der Waals surface area (Å²) in [5.74, 6) is 1.23. The summed E-state index contributed by atoms with van der Waals surface area (Å²) in [5.41, 5.74) is 3.12. The molecule has 0 aliphatic heterocycles. The number of ether oxygens (including phenoxy) is 1. The van der Waals surface area contributed by atoms with E-state index in [0.29, 0.717) is 17.9 Å². The van der Waals surface area contributed by atoms with E-state index in [1.165, 1.54) is 30.4 Å². The molecule has 3 nitrogen and oxygen atoms in total. The van der Waals surface area contributed by atoms with Crippen LogP contribution < -0.4 is 0 Å². The Morgan fingerprint density at radius 3 is 2.54 bits per heavy atom. The van der Waals surface area contributed by atoms with E-state index in [0.717, 1.165) is 19.4 Å². The van der Waals surface area contributed by atoms with E-state index in [9.17, 15) is 0 Å². The van der Waals surface area contributed by atoms with Gasteiger partial charge in [0.15, 0.2) is 0 Å². The Hall–Kier alpha value is -1.61. The molecule has 1 saturated carbocycles. The number of rotatable bonds is 7. The van der Waals surface area contributed by atoms with Crippen molar-refractivity contribution in [1.29, 1.82) is 0 Å². The number of imidazole rings is 1. The van der Waals surface area contributed by atoms with Crippen LogP contribution in [0.1, 0.15) is 51.2 Å². The zero-order valence-corrected chi connectivity index (χ0v) is 16.8. The lowest BCUT2D eigenvalue weighted by atomic mass is 9.63. The summed E-state index contributed by atoms with van der Waals surface area (Å²) in [5, 5.41) is 0. The molecule has 1 fully saturated rings. The fourth-order valence-electron chi connectivity index (χ4n) is 4.77. The third-order valence-electron chi connectivity index (χ3n) is 6.39. The second-order valence-electron chi connectivity index (χ2n) is 8.58. The highest BCUT2D eigenvalue weighted by Gasteiger charge is 2.44. The molecule has 3 atom stereocenters. The molecule has 2 aromatic rings. The second-order valence-corrected chi connectivity index (χ2v) is 8.58. The molecule has 1 heterocycles. The standard InChI is InChI=1S/C23H34N2O/c1-5-18-6-8-19(9-7-18)10-11-20-12-13-23(2,3)22(26-4)21(20)16-25-15-14-24-17-25/h6-9,14-15,17,20-22H,5,10-13,16H2,1-4H3/t20-,21+,22-/m1/s1. The molecular weight excluding hydrogens is 320 g/mol. The molecule has 0 saturated heterocycles. The molecule has 3 heteroatoms. The number of aromatic nitrogens is 2. The monoisotopic (exact) mass is 354 g/mol. The van der Waals surface area contributed by atoms with Gasteiger partial charge in [0.05, 0.1) is 12.4 Å². The van der Waals surface area contributed by atoms with Crippen LogP contribution in [0.3, 0.4) is 0 Å². The van der Waals surface area contributed by atoms with Gasteiger partial charge in [-0.2, -0.15) is 0 Å². The first-order valence-electron chi connectivity index (χ1n) is 10.1. The topological polar surface area (TPSA) is 27.1 Å². The van der Waals surface area contributed by atoms with E-state index in [-0.39, 0.29) is 5.41 Å². The Morgan fingerprint density at radius 1 is 1.19 bits per heavy atom. The summed E-state index contributed by atoms with van der Waals surface area (Å²) in [7, 11) is 1.89. The van der Waals surface area contributed by atoms with Gasteiger partial charge in [-0.05, 0) is 54.6 Å². The largest absolute Gasteiger partial charge is 0.381 e. The number of methoxy groups -OCH3 is 1. The van der Waals surface area contributed by atoms with Crippen LogP contribution in [0.4, 0.5) is 0 Å². The average Bonchev–Trinajstić information content (AvgIpc) is 3.14. The van der Waals surface area contributed by atoms with Gasteiger partial charge in [0, 0.05) is 32.0 Å². The Morgan fingerprint density at radius 2 is 1.92 bits per heavy atom. The molecule has 0 spiro atoms. The van der Waals surface area contributed by atoms with Gasteiger partial charge < -0.3 is 9.30 Å². The molecule has 3 rings (SSSR count). The van der Waals surface area contributed by atoms with E-state index in [2.05, 4.69) is 60.8 Å². The minimum atomic E-state index is 0.235. The van der Waals surface area contributed by atoms with E-state index in [1.807, 2.05) is 19.6 Å². The lowest BCUT2D eigenvalue weighted by Gasteiger charge is -2.47. The number of hydrogen-bond donors (Lipinski definition) is 0. The third-order valence-corrected chi connectivity index (χ3v) is 6.39. The van der Waals surface area contributed by atoms with Gasteiger partial charge in [0.2, 0.25) is 0 Å². The van der Waals surface area contributed by atoms with E-state index in [4.69, 9.17) is 4.74 Å². The number of hydrogen-bond acceptors (Lipinski definition) is 2. The van der Waals surface area contributed by atoms with Crippen LogP contribution in [0.2, 0.25) is 0 Å². The van der Waals surface area contributed by atoms with Gasteiger partial charge in [-0.1, -0.05) is 45.0 Å². The first kappa shape index (κ1) is 19.2. The van der Waals surface area contributed by atoms with Crippen molar-refractivity contribution < 1.29 is 4.74 Å². The summed E-state index contributed by atoms with van der Waals surface area (Å²) in [6.45, 7) is 7.94. The van der Waals surface area contributed by atoms with Crippen LogP contribution in [-0.4, -0.2) is 22.8 Å². The summed E-state index contributed by atoms with van der Waals surface area (Å²) >= 11 is 0. The lowest BCUT2D eigenvalue weighted by molar-refractivity contribution is -0.0916. The summed E-state index contributed by atoms with van der Waals surface area (Å²) in [6, 6.07) is 9.18. The van der Waals surface area contributed by atoms with Crippen LogP contribution in [0.5, 0.6) is 0 Å². The highest BCUT2D eigenvalue weighted by atomic mass is 16.5. The van der Waals surface area contributed by atoms with Gasteiger partial charge in [-0.25, -0.2) is 4.98 Å². The van der Waals surface area contributed by atoms with Gasteiger partial charge in [-0.3, -0.25) is 0 Å². The highest BCUT2D eigenvalue weighted by Crippen LogP contribution is 2.45. The van der Waals surface area contributed by atoms with Gasteiger partial charge in [0.25, 0.3) is 0 Å². The number of nitrogens with zero attached hydrogens (tertiary/aromatic N) is 2. The van der Waals surface area contributed by atoms with Crippen molar-refractivity contribution in [3.8, 4) is 0 Å². The highest BCUT2D eigenvalue weighted by molar-refractivity contribution is 5.22. The average molecular weight is 355 g/mol. The number of aryl methyl sites for hydroxylation is 2. The fraction of sp³-hybridized carbons (Fsp3) is 0.609. The summed E-state index contributed by atoms with van der Waals surface area (Å²) < 4.78 is 8.27. The molecule has 1 aromatic heterocycles.